The zero-order chi connectivity index (χ0) is 21.7. The molecule has 1 aromatic heterocycles. The lowest BCUT2D eigenvalue weighted by molar-refractivity contribution is -0.126. The van der Waals surface area contributed by atoms with Gasteiger partial charge >= 0.3 is 0 Å². The molecule has 0 bridgehead atoms. The van der Waals surface area contributed by atoms with Gasteiger partial charge in [0.25, 0.3) is 0 Å². The normalized spacial score (nSPS) is 14.9. The van der Waals surface area contributed by atoms with Crippen molar-refractivity contribution in [3.63, 3.8) is 0 Å². The van der Waals surface area contributed by atoms with Crippen LogP contribution in [0.2, 0.25) is 0 Å². The fourth-order valence-electron chi connectivity index (χ4n) is 4.25. The largest absolute Gasteiger partial charge is 0.351 e. The Morgan fingerprint density at radius 1 is 1.06 bits per heavy atom. The van der Waals surface area contributed by atoms with Crippen molar-refractivity contribution < 1.29 is 14.0 Å². The summed E-state index contributed by atoms with van der Waals surface area (Å²) in [5.74, 6) is -0.514. The minimum Gasteiger partial charge on any atom is -0.351 e. The van der Waals surface area contributed by atoms with Gasteiger partial charge < -0.3 is 10.6 Å². The number of carbonyl (C=O) groups excluding carboxylic acids is 2. The number of anilines is 1. The molecule has 0 atom stereocenters. The van der Waals surface area contributed by atoms with Crippen LogP contribution in [0, 0.1) is 5.82 Å². The van der Waals surface area contributed by atoms with Gasteiger partial charge in [0.2, 0.25) is 11.8 Å². The van der Waals surface area contributed by atoms with Crippen LogP contribution >= 0.6 is 0 Å². The van der Waals surface area contributed by atoms with Crippen LogP contribution in [0.3, 0.4) is 0 Å². The van der Waals surface area contributed by atoms with Crippen LogP contribution in [0.25, 0.3) is 0 Å². The van der Waals surface area contributed by atoms with E-state index in [0.29, 0.717) is 12.2 Å². The number of amides is 2. The molecular weight excluding hydrogens is 395 g/mol. The molecular formula is C24H25FN4O2. The Hall–Kier alpha value is -3.48. The molecule has 2 aromatic carbocycles. The lowest BCUT2D eigenvalue weighted by atomic mass is 9.78. The van der Waals surface area contributed by atoms with Crippen LogP contribution in [0.1, 0.15) is 36.8 Å². The maximum absolute atomic E-state index is 13.4. The van der Waals surface area contributed by atoms with Gasteiger partial charge in [-0.15, -0.1) is 0 Å². The summed E-state index contributed by atoms with van der Waals surface area (Å²) < 4.78 is 14.9. The summed E-state index contributed by atoms with van der Waals surface area (Å²) in [4.78, 5) is 25.4. The van der Waals surface area contributed by atoms with Crippen LogP contribution in [0.5, 0.6) is 0 Å². The summed E-state index contributed by atoms with van der Waals surface area (Å²) >= 11 is 0. The molecule has 2 N–H and O–H groups in total. The van der Waals surface area contributed by atoms with Crippen molar-refractivity contribution in [3.05, 3.63) is 83.9 Å². The number of nitrogens with one attached hydrogen (secondary N) is 2. The number of hydrogen-bond donors (Lipinski definition) is 2. The smallest absolute Gasteiger partial charge is 0.246 e. The molecule has 0 saturated heterocycles. The van der Waals surface area contributed by atoms with Crippen LogP contribution in [0.4, 0.5) is 10.1 Å². The van der Waals surface area contributed by atoms with Crippen LogP contribution in [-0.2, 0) is 28.1 Å². The van der Waals surface area contributed by atoms with E-state index in [1.165, 1.54) is 12.1 Å². The molecule has 160 valence electrons. The minimum atomic E-state index is -0.608. The fourth-order valence-corrected chi connectivity index (χ4v) is 4.25. The van der Waals surface area contributed by atoms with Gasteiger partial charge in [-0.1, -0.05) is 37.1 Å². The second kappa shape index (κ2) is 9.12. The summed E-state index contributed by atoms with van der Waals surface area (Å²) in [5, 5.41) is 9.93. The molecule has 0 unspecified atom stereocenters. The minimum absolute atomic E-state index is 0.0373. The summed E-state index contributed by atoms with van der Waals surface area (Å²) in [5.41, 5.74) is 1.81. The topological polar surface area (TPSA) is 76.0 Å². The van der Waals surface area contributed by atoms with Crippen molar-refractivity contribution in [1.82, 2.24) is 15.1 Å². The van der Waals surface area contributed by atoms with E-state index in [-0.39, 0.29) is 24.2 Å². The Labute approximate surface area is 180 Å². The van der Waals surface area contributed by atoms with E-state index in [2.05, 4.69) is 15.7 Å². The summed E-state index contributed by atoms with van der Waals surface area (Å²) in [7, 11) is 0. The number of carbonyl (C=O) groups is 2. The molecule has 3 aromatic rings. The van der Waals surface area contributed by atoms with Gasteiger partial charge in [-0.25, -0.2) is 4.39 Å². The number of nitrogens with zero attached hydrogens (tertiary/aromatic N) is 2. The van der Waals surface area contributed by atoms with Crippen LogP contribution in [0.15, 0.2) is 67.0 Å². The van der Waals surface area contributed by atoms with E-state index >= 15 is 0 Å². The summed E-state index contributed by atoms with van der Waals surface area (Å²) in [6, 6.07) is 15.4. The molecule has 1 fully saturated rings. The standard InChI is InChI=1S/C24H25FN4O2/c25-20-9-7-19(8-10-20)24(11-1-2-12-24)23(31)26-16-18-5-3-6-21(15-18)28-22(30)17-29-14-4-13-27-29/h3-10,13-15H,1-2,11-12,16-17H2,(H,26,31)(H,28,30). The predicted octanol–water partition coefficient (Wildman–Crippen LogP) is 3.79. The third-order valence-electron chi connectivity index (χ3n) is 5.82. The SMILES string of the molecule is O=C(Cn1cccn1)Nc1cccc(CNC(=O)C2(c3ccc(F)cc3)CCCC2)c1. The molecule has 0 radical (unpaired) electrons. The second-order valence-corrected chi connectivity index (χ2v) is 7.93. The monoisotopic (exact) mass is 420 g/mol. The first kappa shape index (κ1) is 20.8. The highest BCUT2D eigenvalue weighted by Crippen LogP contribution is 2.41. The molecule has 7 heteroatoms. The molecule has 6 nitrogen and oxygen atoms in total. The summed E-state index contributed by atoms with van der Waals surface area (Å²) in [6.07, 6.45) is 6.82. The Morgan fingerprint density at radius 2 is 1.84 bits per heavy atom. The Kier molecular flexibility index (Phi) is 6.11. The van der Waals surface area contributed by atoms with E-state index in [1.54, 1.807) is 35.3 Å². The van der Waals surface area contributed by atoms with E-state index < -0.39 is 5.41 Å². The fraction of sp³-hybridized carbons (Fsp3) is 0.292. The Balaban J connectivity index is 1.40. The van der Waals surface area contributed by atoms with E-state index in [0.717, 1.165) is 36.8 Å². The number of halogens is 1. The molecule has 31 heavy (non-hydrogen) atoms. The van der Waals surface area contributed by atoms with E-state index in [9.17, 15) is 14.0 Å². The van der Waals surface area contributed by atoms with Gasteiger partial charge in [0, 0.05) is 24.6 Å². The highest BCUT2D eigenvalue weighted by atomic mass is 19.1. The number of aromatic nitrogens is 2. The van der Waals surface area contributed by atoms with Crippen molar-refractivity contribution in [3.8, 4) is 0 Å². The summed E-state index contributed by atoms with van der Waals surface area (Å²) in [6.45, 7) is 0.485. The quantitative estimate of drug-likeness (QED) is 0.611. The highest BCUT2D eigenvalue weighted by Gasteiger charge is 2.42. The van der Waals surface area contributed by atoms with Crippen LogP contribution in [-0.4, -0.2) is 21.6 Å². The number of rotatable bonds is 7. The van der Waals surface area contributed by atoms with Crippen molar-refractivity contribution >= 4 is 17.5 Å². The lowest BCUT2D eigenvalue weighted by Gasteiger charge is -2.28. The third-order valence-corrected chi connectivity index (χ3v) is 5.82. The predicted molar refractivity (Wildman–Crippen MR) is 116 cm³/mol. The Bertz CT molecular complexity index is 1040. The molecule has 4 rings (SSSR count). The maximum Gasteiger partial charge on any atom is 0.246 e. The van der Waals surface area contributed by atoms with E-state index in [1.807, 2.05) is 24.3 Å². The first-order chi connectivity index (χ1) is 15.0. The van der Waals surface area contributed by atoms with Gasteiger partial charge in [-0.3, -0.25) is 14.3 Å². The van der Waals surface area contributed by atoms with Crippen molar-refractivity contribution in [2.45, 2.75) is 44.2 Å². The van der Waals surface area contributed by atoms with Crippen molar-refractivity contribution in [2.75, 3.05) is 5.32 Å². The average molecular weight is 420 g/mol. The first-order valence-corrected chi connectivity index (χ1v) is 10.5. The van der Waals surface area contributed by atoms with Gasteiger partial charge in [0.15, 0.2) is 0 Å². The lowest BCUT2D eigenvalue weighted by Crippen LogP contribution is -2.42. The molecule has 2 amide bonds. The molecule has 1 aliphatic carbocycles. The van der Waals surface area contributed by atoms with Gasteiger partial charge in [0.1, 0.15) is 12.4 Å². The zero-order valence-electron chi connectivity index (χ0n) is 17.2. The van der Waals surface area contributed by atoms with Gasteiger partial charge in [-0.2, -0.15) is 5.10 Å². The van der Waals surface area contributed by atoms with Gasteiger partial charge in [-0.05, 0) is 54.3 Å². The van der Waals surface area contributed by atoms with Gasteiger partial charge in [0.05, 0.1) is 5.41 Å². The average Bonchev–Trinajstić information content (AvgIpc) is 3.46. The van der Waals surface area contributed by atoms with Crippen LogP contribution < -0.4 is 10.6 Å². The molecule has 1 heterocycles. The Morgan fingerprint density at radius 3 is 2.55 bits per heavy atom. The first-order valence-electron chi connectivity index (χ1n) is 10.5. The molecule has 0 aliphatic heterocycles. The molecule has 1 aliphatic rings. The molecule has 1 saturated carbocycles. The number of hydrogen-bond acceptors (Lipinski definition) is 3. The zero-order valence-corrected chi connectivity index (χ0v) is 17.2. The highest BCUT2D eigenvalue weighted by molar-refractivity contribution is 5.90. The third kappa shape index (κ3) is 4.82. The van der Waals surface area contributed by atoms with Crippen molar-refractivity contribution in [1.29, 1.82) is 0 Å². The second-order valence-electron chi connectivity index (χ2n) is 7.93. The molecule has 0 spiro atoms. The van der Waals surface area contributed by atoms with Crippen molar-refractivity contribution in [2.24, 2.45) is 0 Å². The van der Waals surface area contributed by atoms with E-state index in [4.69, 9.17) is 0 Å². The number of benzene rings is 2. The maximum atomic E-state index is 13.4.